The predicted molar refractivity (Wildman–Crippen MR) is 167 cm³/mol. The second-order valence-corrected chi connectivity index (χ2v) is 11.2. The van der Waals surface area contributed by atoms with E-state index in [0.717, 1.165) is 23.7 Å². The molecule has 10 heteroatoms. The summed E-state index contributed by atoms with van der Waals surface area (Å²) in [4.78, 5) is 44.4. The number of hydrogen-bond donors (Lipinski definition) is 1. The predicted octanol–water partition coefficient (Wildman–Crippen LogP) is 7.24. The molecule has 208 valence electrons. The van der Waals surface area contributed by atoms with E-state index in [9.17, 15) is 14.4 Å². The Morgan fingerprint density at radius 1 is 1.00 bits per heavy atom. The number of para-hydroxylation sites is 1. The van der Waals surface area contributed by atoms with Crippen molar-refractivity contribution in [1.82, 2.24) is 9.55 Å². The molecular weight excluding hydrogens is 578 g/mol. The quantitative estimate of drug-likeness (QED) is 0.108. The molecule has 0 aliphatic heterocycles. The van der Waals surface area contributed by atoms with E-state index in [1.54, 1.807) is 42.6 Å². The Morgan fingerprint density at radius 3 is 2.46 bits per heavy atom. The maximum Gasteiger partial charge on any atom is 0.341 e. The molecule has 5 aromatic rings. The van der Waals surface area contributed by atoms with Gasteiger partial charge in [-0.2, -0.15) is 0 Å². The number of aryl methyl sites for hydroxylation is 1. The van der Waals surface area contributed by atoms with Crippen LogP contribution in [-0.2, 0) is 16.0 Å². The normalized spacial score (nSPS) is 11.0. The third kappa shape index (κ3) is 6.07. The average molecular weight is 604 g/mol. The van der Waals surface area contributed by atoms with Gasteiger partial charge >= 0.3 is 5.97 Å². The Hall–Kier alpha value is -3.92. The van der Waals surface area contributed by atoms with Crippen LogP contribution in [0, 0.1) is 0 Å². The fourth-order valence-electron chi connectivity index (χ4n) is 4.34. The number of anilines is 1. The van der Waals surface area contributed by atoms with E-state index in [1.165, 1.54) is 15.9 Å². The smallest absolute Gasteiger partial charge is 0.341 e. The van der Waals surface area contributed by atoms with Crippen LogP contribution in [0.4, 0.5) is 5.00 Å². The molecule has 0 aliphatic carbocycles. The van der Waals surface area contributed by atoms with Crippen LogP contribution in [0.5, 0.6) is 0 Å². The van der Waals surface area contributed by atoms with Crippen LogP contribution in [0.15, 0.2) is 88.1 Å². The first-order valence-electron chi connectivity index (χ1n) is 13.0. The van der Waals surface area contributed by atoms with Crippen molar-refractivity contribution in [3.8, 4) is 16.8 Å². The number of nitrogens with zero attached hydrogens (tertiary/aromatic N) is 2. The number of fused-ring (bicyclic) bond motifs is 1. The number of thiophene rings is 1. The summed E-state index contributed by atoms with van der Waals surface area (Å²) < 4.78 is 6.83. The summed E-state index contributed by atoms with van der Waals surface area (Å²) in [7, 11) is 0. The number of nitrogens with one attached hydrogen (secondary N) is 1. The first-order chi connectivity index (χ1) is 19.9. The standard InChI is InChI=1S/C31H26ClN3O4S2/c1-3-19-13-15-20(16-14-19)35-29(37)22-10-6-8-12-25(22)33-31(35)41-18-26(36)34-28-27(30(38)39-4-2)23(17-40-28)21-9-5-7-11-24(21)32/h5-17H,3-4,18H2,1-2H3,(H,34,36). The molecular formula is C31H26ClN3O4S2. The molecule has 0 bridgehead atoms. The fourth-order valence-corrected chi connectivity index (χ4v) is 6.36. The maximum atomic E-state index is 13.5. The molecule has 3 aromatic carbocycles. The van der Waals surface area contributed by atoms with Gasteiger partial charge in [0.1, 0.15) is 10.6 Å². The monoisotopic (exact) mass is 603 g/mol. The maximum absolute atomic E-state index is 13.5. The molecule has 0 spiro atoms. The van der Waals surface area contributed by atoms with Crippen molar-refractivity contribution in [2.24, 2.45) is 0 Å². The SMILES string of the molecule is CCOC(=O)c1c(-c2ccccc2Cl)csc1NC(=O)CSc1nc2ccccc2c(=O)n1-c1ccc(CC)cc1. The lowest BCUT2D eigenvalue weighted by Gasteiger charge is -2.14. The zero-order valence-electron chi connectivity index (χ0n) is 22.3. The molecule has 0 radical (unpaired) electrons. The number of hydrogen-bond acceptors (Lipinski definition) is 7. The van der Waals surface area contributed by atoms with Gasteiger partial charge in [0.05, 0.1) is 29.0 Å². The number of aromatic nitrogens is 2. The molecule has 0 saturated heterocycles. The third-order valence-corrected chi connectivity index (χ3v) is 8.53. The second kappa shape index (κ2) is 12.7. The van der Waals surface area contributed by atoms with Gasteiger partial charge in [0, 0.05) is 21.5 Å². The van der Waals surface area contributed by atoms with E-state index in [-0.39, 0.29) is 29.4 Å². The highest BCUT2D eigenvalue weighted by Gasteiger charge is 2.24. The first-order valence-corrected chi connectivity index (χ1v) is 15.2. The van der Waals surface area contributed by atoms with Gasteiger partial charge in [-0.1, -0.05) is 72.8 Å². The number of rotatable bonds is 9. The topological polar surface area (TPSA) is 90.3 Å². The summed E-state index contributed by atoms with van der Waals surface area (Å²) >= 11 is 8.77. The molecule has 0 fully saturated rings. The average Bonchev–Trinajstić information content (AvgIpc) is 3.39. The first kappa shape index (κ1) is 28.6. The largest absolute Gasteiger partial charge is 0.462 e. The third-order valence-electron chi connectivity index (χ3n) is 6.37. The molecule has 0 atom stereocenters. The highest BCUT2D eigenvalue weighted by molar-refractivity contribution is 7.99. The summed E-state index contributed by atoms with van der Waals surface area (Å²) in [5.74, 6) is -0.949. The van der Waals surface area contributed by atoms with Crippen LogP contribution >= 0.6 is 34.7 Å². The van der Waals surface area contributed by atoms with Gasteiger partial charge < -0.3 is 10.1 Å². The van der Waals surface area contributed by atoms with Crippen LogP contribution in [0.3, 0.4) is 0 Å². The fraction of sp³-hybridized carbons (Fsp3) is 0.161. The lowest BCUT2D eigenvalue weighted by atomic mass is 10.0. The van der Waals surface area contributed by atoms with Crippen molar-refractivity contribution >= 4 is 62.5 Å². The van der Waals surface area contributed by atoms with Crippen LogP contribution in [0.1, 0.15) is 29.8 Å². The van der Waals surface area contributed by atoms with Crippen molar-refractivity contribution in [1.29, 1.82) is 0 Å². The second-order valence-electron chi connectivity index (χ2n) is 8.96. The Kier molecular flexibility index (Phi) is 8.87. The van der Waals surface area contributed by atoms with Crippen LogP contribution in [0.2, 0.25) is 5.02 Å². The molecule has 5 rings (SSSR count). The van der Waals surface area contributed by atoms with Crippen molar-refractivity contribution in [2.45, 2.75) is 25.4 Å². The van der Waals surface area contributed by atoms with Gasteiger partial charge in [0.25, 0.3) is 5.56 Å². The summed E-state index contributed by atoms with van der Waals surface area (Å²) in [6.45, 7) is 3.97. The number of esters is 1. The van der Waals surface area contributed by atoms with Gasteiger partial charge in [-0.05, 0) is 49.2 Å². The van der Waals surface area contributed by atoms with E-state index in [2.05, 4.69) is 12.2 Å². The molecule has 0 aliphatic rings. The van der Waals surface area contributed by atoms with Gasteiger partial charge in [-0.15, -0.1) is 11.3 Å². The minimum Gasteiger partial charge on any atom is -0.462 e. The number of amides is 1. The van der Waals surface area contributed by atoms with Gasteiger partial charge in [-0.3, -0.25) is 14.2 Å². The zero-order valence-corrected chi connectivity index (χ0v) is 24.7. The number of carbonyl (C=O) groups excluding carboxylic acids is 2. The molecule has 1 amide bonds. The highest BCUT2D eigenvalue weighted by Crippen LogP contribution is 2.39. The van der Waals surface area contributed by atoms with Crippen molar-refractivity contribution < 1.29 is 14.3 Å². The number of benzene rings is 3. The van der Waals surface area contributed by atoms with Crippen molar-refractivity contribution in [2.75, 3.05) is 17.7 Å². The summed E-state index contributed by atoms with van der Waals surface area (Å²) in [5, 5.41) is 6.36. The molecule has 2 heterocycles. The van der Waals surface area contributed by atoms with Gasteiger partial charge in [0.15, 0.2) is 5.16 Å². The Balaban J connectivity index is 1.45. The van der Waals surface area contributed by atoms with E-state index >= 15 is 0 Å². The molecule has 1 N–H and O–H groups in total. The number of carbonyl (C=O) groups is 2. The van der Waals surface area contributed by atoms with Gasteiger partial charge in [-0.25, -0.2) is 9.78 Å². The van der Waals surface area contributed by atoms with E-state index < -0.39 is 5.97 Å². The van der Waals surface area contributed by atoms with E-state index in [0.29, 0.717) is 42.9 Å². The summed E-state index contributed by atoms with van der Waals surface area (Å²) in [6.07, 6.45) is 0.877. The number of ether oxygens (including phenoxy) is 1. The Bertz CT molecular complexity index is 1800. The minimum atomic E-state index is -0.549. The molecule has 0 saturated carbocycles. The minimum absolute atomic E-state index is 0.0422. The van der Waals surface area contributed by atoms with Crippen molar-refractivity contribution in [3.63, 3.8) is 0 Å². The van der Waals surface area contributed by atoms with Gasteiger partial charge in [0.2, 0.25) is 5.91 Å². The van der Waals surface area contributed by atoms with Crippen LogP contribution in [-0.4, -0.2) is 33.8 Å². The number of thioether (sulfide) groups is 1. The zero-order chi connectivity index (χ0) is 28.9. The lowest BCUT2D eigenvalue weighted by Crippen LogP contribution is -2.23. The Labute approximate surface area is 250 Å². The highest BCUT2D eigenvalue weighted by atomic mass is 35.5. The van der Waals surface area contributed by atoms with Crippen molar-refractivity contribution in [3.05, 3.63) is 105 Å². The molecule has 2 aromatic heterocycles. The molecule has 41 heavy (non-hydrogen) atoms. The summed E-state index contributed by atoms with van der Waals surface area (Å²) in [6, 6.07) is 22.0. The molecule has 7 nitrogen and oxygen atoms in total. The lowest BCUT2D eigenvalue weighted by molar-refractivity contribution is -0.113. The summed E-state index contributed by atoms with van der Waals surface area (Å²) in [5.41, 5.74) is 3.66. The van der Waals surface area contributed by atoms with E-state index in [1.807, 2.05) is 42.5 Å². The van der Waals surface area contributed by atoms with E-state index in [4.69, 9.17) is 21.3 Å². The number of halogens is 1. The van der Waals surface area contributed by atoms with Crippen LogP contribution < -0.4 is 10.9 Å². The molecule has 0 unspecified atom stereocenters. The van der Waals surface area contributed by atoms with Crippen LogP contribution in [0.25, 0.3) is 27.7 Å². The Morgan fingerprint density at radius 2 is 1.73 bits per heavy atom.